The fourth-order valence-electron chi connectivity index (χ4n) is 2.84. The highest BCUT2D eigenvalue weighted by atomic mass is 32.2. The van der Waals surface area contributed by atoms with Gasteiger partial charge in [0, 0.05) is 0 Å². The van der Waals surface area contributed by atoms with Gasteiger partial charge in [0.05, 0.1) is 5.25 Å². The fourth-order valence-corrected chi connectivity index (χ4v) is 3.94. The van der Waals surface area contributed by atoms with Crippen LogP contribution in [0.1, 0.15) is 111 Å². The van der Waals surface area contributed by atoms with Crippen molar-refractivity contribution < 1.29 is 22.5 Å². The first-order valence-corrected chi connectivity index (χ1v) is 12.0. The van der Waals surface area contributed by atoms with Gasteiger partial charge < -0.3 is 5.11 Å². The maximum Gasteiger partial charge on any atom is 0.334 e. The van der Waals surface area contributed by atoms with Gasteiger partial charge in [-0.15, -0.1) is 0 Å². The Bertz CT molecular complexity index is 447. The number of carbonyl (C=O) groups is 1. The smallest absolute Gasteiger partial charge is 0.334 e. The molecule has 0 aromatic rings. The third-order valence-electron chi connectivity index (χ3n) is 4.91. The molecule has 1 N–H and O–H groups in total. The van der Waals surface area contributed by atoms with Crippen molar-refractivity contribution in [3.05, 3.63) is 0 Å². The monoisotopic (exact) mass is 392 g/mol. The molecule has 0 saturated heterocycles. The van der Waals surface area contributed by atoms with E-state index in [9.17, 15) is 18.3 Å². The molecule has 0 aliphatic carbocycles. The van der Waals surface area contributed by atoms with Crippen LogP contribution < -0.4 is 0 Å². The molecule has 2 unspecified atom stereocenters. The minimum Gasteiger partial charge on any atom is -0.479 e. The van der Waals surface area contributed by atoms with E-state index in [-0.39, 0.29) is 6.42 Å². The van der Waals surface area contributed by atoms with E-state index in [4.69, 9.17) is 4.18 Å². The van der Waals surface area contributed by atoms with Crippen LogP contribution in [0.25, 0.3) is 0 Å². The first kappa shape index (κ1) is 25.4. The molecular weight excluding hydrogens is 352 g/mol. The molecule has 0 fully saturated rings. The molecule has 0 aliphatic heterocycles. The molecular formula is C20H40O5S. The number of unbranched alkanes of at least 4 members (excludes halogenated alkanes) is 11. The highest BCUT2D eigenvalue weighted by Crippen LogP contribution is 2.17. The van der Waals surface area contributed by atoms with Crippen LogP contribution in [0.3, 0.4) is 0 Å². The molecule has 0 bridgehead atoms. The van der Waals surface area contributed by atoms with E-state index in [1.807, 2.05) is 0 Å². The predicted octanol–water partition coefficient (Wildman–Crippen LogP) is 5.68. The van der Waals surface area contributed by atoms with Gasteiger partial charge >= 0.3 is 5.97 Å². The Morgan fingerprint density at radius 3 is 1.65 bits per heavy atom. The lowest BCUT2D eigenvalue weighted by atomic mass is 10.0. The molecule has 0 rings (SSSR count). The van der Waals surface area contributed by atoms with Crippen LogP contribution in [0.5, 0.6) is 0 Å². The number of aliphatic carboxylic acids is 1. The Balaban J connectivity index is 3.78. The zero-order valence-corrected chi connectivity index (χ0v) is 17.9. The van der Waals surface area contributed by atoms with E-state index < -0.39 is 27.4 Å². The lowest BCUT2D eigenvalue weighted by Gasteiger charge is -2.16. The minimum atomic E-state index is -3.80. The average molecular weight is 393 g/mol. The van der Waals surface area contributed by atoms with Gasteiger partial charge in [-0.2, -0.15) is 8.42 Å². The summed E-state index contributed by atoms with van der Waals surface area (Å²) in [6.07, 6.45) is 13.8. The van der Waals surface area contributed by atoms with Crippen molar-refractivity contribution in [1.29, 1.82) is 0 Å². The third kappa shape index (κ3) is 12.7. The number of hydrogen-bond acceptors (Lipinski definition) is 4. The first-order chi connectivity index (χ1) is 12.3. The maximum absolute atomic E-state index is 11.9. The maximum atomic E-state index is 11.9. The van der Waals surface area contributed by atoms with Crippen LogP contribution in [0.2, 0.25) is 0 Å². The summed E-state index contributed by atoms with van der Waals surface area (Å²) >= 11 is 0. The van der Waals surface area contributed by atoms with Crippen LogP contribution in [0, 0.1) is 0 Å². The molecule has 0 spiro atoms. The fraction of sp³-hybridized carbons (Fsp3) is 0.950. The first-order valence-electron chi connectivity index (χ1n) is 10.5. The van der Waals surface area contributed by atoms with Crippen molar-refractivity contribution in [2.45, 2.75) is 122 Å². The molecule has 5 nitrogen and oxygen atoms in total. The Kier molecular flexibility index (Phi) is 15.1. The summed E-state index contributed by atoms with van der Waals surface area (Å²) in [5, 5.41) is 8.50. The van der Waals surface area contributed by atoms with Crippen molar-refractivity contribution in [3.63, 3.8) is 0 Å². The van der Waals surface area contributed by atoms with Gasteiger partial charge in [-0.05, 0) is 19.8 Å². The van der Waals surface area contributed by atoms with Gasteiger partial charge in [0.1, 0.15) is 0 Å². The number of carboxylic acid groups (broad SMARTS) is 1. The van der Waals surface area contributed by atoms with Crippen LogP contribution in [0.15, 0.2) is 0 Å². The molecule has 0 aliphatic rings. The van der Waals surface area contributed by atoms with Gasteiger partial charge in [-0.1, -0.05) is 90.9 Å². The highest BCUT2D eigenvalue weighted by Gasteiger charge is 2.28. The third-order valence-corrected chi connectivity index (χ3v) is 6.73. The minimum absolute atomic E-state index is 0.252. The van der Waals surface area contributed by atoms with Crippen LogP contribution in [-0.2, 0) is 19.1 Å². The molecule has 0 aromatic carbocycles. The molecule has 0 aromatic heterocycles. The summed E-state index contributed by atoms with van der Waals surface area (Å²) in [4.78, 5) is 11.2. The van der Waals surface area contributed by atoms with E-state index in [1.54, 1.807) is 6.92 Å². The summed E-state index contributed by atoms with van der Waals surface area (Å²) in [6, 6.07) is 0. The zero-order valence-electron chi connectivity index (χ0n) is 17.0. The van der Waals surface area contributed by atoms with Gasteiger partial charge in [-0.3, -0.25) is 4.18 Å². The summed E-state index contributed by atoms with van der Waals surface area (Å²) < 4.78 is 28.7. The average Bonchev–Trinajstić information content (AvgIpc) is 2.60. The van der Waals surface area contributed by atoms with E-state index in [2.05, 4.69) is 6.92 Å². The van der Waals surface area contributed by atoms with Crippen LogP contribution >= 0.6 is 0 Å². The number of rotatable bonds is 18. The Morgan fingerprint density at radius 2 is 1.27 bits per heavy atom. The second-order valence-corrected chi connectivity index (χ2v) is 9.30. The summed E-state index contributed by atoms with van der Waals surface area (Å²) in [5.74, 6) is -1.19. The SMILES string of the molecule is CCCCCCCCCCCCCCC(OS(=O)(=O)C(C)CC)C(=O)O. The molecule has 156 valence electrons. The second-order valence-electron chi connectivity index (χ2n) is 7.31. The largest absolute Gasteiger partial charge is 0.479 e. The Hall–Kier alpha value is -0.620. The van der Waals surface area contributed by atoms with Crippen molar-refractivity contribution in [2.24, 2.45) is 0 Å². The molecule has 0 amide bonds. The van der Waals surface area contributed by atoms with Gasteiger partial charge in [-0.25, -0.2) is 4.79 Å². The van der Waals surface area contributed by atoms with Gasteiger partial charge in [0.2, 0.25) is 0 Å². The van der Waals surface area contributed by atoms with Gasteiger partial charge in [0.15, 0.2) is 6.10 Å². The van der Waals surface area contributed by atoms with E-state index >= 15 is 0 Å². The van der Waals surface area contributed by atoms with Crippen molar-refractivity contribution in [3.8, 4) is 0 Å². The Labute approximate surface area is 161 Å². The molecule has 0 saturated carbocycles. The topological polar surface area (TPSA) is 80.7 Å². The second kappa shape index (κ2) is 15.4. The normalized spacial score (nSPS) is 14.3. The lowest BCUT2D eigenvalue weighted by Crippen LogP contribution is -2.31. The van der Waals surface area contributed by atoms with E-state index in [1.165, 1.54) is 64.7 Å². The van der Waals surface area contributed by atoms with E-state index in [0.29, 0.717) is 12.8 Å². The molecule has 0 radical (unpaired) electrons. The van der Waals surface area contributed by atoms with Crippen molar-refractivity contribution in [2.75, 3.05) is 0 Å². The molecule has 6 heteroatoms. The van der Waals surface area contributed by atoms with Crippen molar-refractivity contribution in [1.82, 2.24) is 0 Å². The summed E-state index contributed by atoms with van der Waals surface area (Å²) in [6.45, 7) is 5.51. The van der Waals surface area contributed by atoms with Crippen LogP contribution in [0.4, 0.5) is 0 Å². The summed E-state index contributed by atoms with van der Waals surface area (Å²) in [7, 11) is -3.80. The lowest BCUT2D eigenvalue weighted by molar-refractivity contribution is -0.145. The molecule has 26 heavy (non-hydrogen) atoms. The summed E-state index contributed by atoms with van der Waals surface area (Å²) in [5.41, 5.74) is 0. The number of hydrogen-bond donors (Lipinski definition) is 1. The van der Waals surface area contributed by atoms with Crippen LogP contribution in [-0.4, -0.2) is 30.8 Å². The quantitative estimate of drug-likeness (QED) is 0.240. The van der Waals surface area contributed by atoms with Gasteiger partial charge in [0.25, 0.3) is 10.1 Å². The highest BCUT2D eigenvalue weighted by molar-refractivity contribution is 7.87. The molecule has 2 atom stereocenters. The van der Waals surface area contributed by atoms with Crippen molar-refractivity contribution >= 4 is 16.1 Å². The Morgan fingerprint density at radius 1 is 0.846 bits per heavy atom. The standard InChI is InChI=1S/C20H40O5S/c1-4-6-7-8-9-10-11-12-13-14-15-16-17-19(20(21)22)25-26(23,24)18(3)5-2/h18-19H,4-17H2,1-3H3,(H,21,22). The predicted molar refractivity (Wildman–Crippen MR) is 107 cm³/mol. The number of carboxylic acids is 1. The molecule has 0 heterocycles. The van der Waals surface area contributed by atoms with E-state index in [0.717, 1.165) is 12.8 Å². The zero-order chi connectivity index (χ0) is 19.8.